The smallest absolute Gasteiger partial charge is 0.269 e. The van der Waals surface area contributed by atoms with Gasteiger partial charge in [0.25, 0.3) is 11.2 Å². The zero-order chi connectivity index (χ0) is 25.6. The molecule has 1 atom stereocenters. The van der Waals surface area contributed by atoms with Gasteiger partial charge in [0.15, 0.2) is 10.9 Å². The van der Waals surface area contributed by atoms with E-state index in [-0.39, 0.29) is 22.4 Å². The van der Waals surface area contributed by atoms with Gasteiger partial charge in [-0.3, -0.25) is 19.7 Å². The molecule has 2 aliphatic rings. The number of nitrogens with zero attached hydrogens (tertiary/aromatic N) is 2. The van der Waals surface area contributed by atoms with Crippen LogP contribution in [0.5, 0.6) is 0 Å². The number of thioether (sulfide) groups is 1. The average molecular weight is 507 g/mol. The minimum Gasteiger partial charge on any atom is -0.343 e. The molecular formula is C26H23FN4O4S. The Morgan fingerprint density at radius 1 is 1.17 bits per heavy atom. The number of hydrogen-bond donors (Lipinski definition) is 2. The third-order valence-electron chi connectivity index (χ3n) is 6.40. The summed E-state index contributed by atoms with van der Waals surface area (Å²) in [6, 6.07) is 12.2. The predicted molar refractivity (Wildman–Crippen MR) is 134 cm³/mol. The van der Waals surface area contributed by atoms with E-state index in [0.29, 0.717) is 46.4 Å². The van der Waals surface area contributed by atoms with Gasteiger partial charge in [-0.25, -0.2) is 9.37 Å². The lowest BCUT2D eigenvalue weighted by atomic mass is 9.69. The number of anilines is 1. The topological polar surface area (TPSA) is 118 Å². The maximum absolute atomic E-state index is 14.2. The SMILES string of the molecule is CC1(C)CC(=O)C2=C(C1)Nc1nc(SCc3ccc([N+](=O)[O-])cc3)[nH]c(=O)c1C2c1cccc(F)c1. The molecule has 0 saturated carbocycles. The number of H-pyrrole nitrogens is 1. The first-order chi connectivity index (χ1) is 17.1. The number of allylic oxidation sites excluding steroid dienone is 2. The van der Waals surface area contributed by atoms with Crippen molar-refractivity contribution in [2.24, 2.45) is 5.41 Å². The Bertz CT molecular complexity index is 1480. The number of aromatic nitrogens is 2. The first-order valence-corrected chi connectivity index (χ1v) is 12.4. The highest BCUT2D eigenvalue weighted by Gasteiger charge is 2.42. The maximum atomic E-state index is 14.2. The Kier molecular flexibility index (Phi) is 5.99. The lowest BCUT2D eigenvalue weighted by Gasteiger charge is -2.38. The Morgan fingerprint density at radius 3 is 2.61 bits per heavy atom. The van der Waals surface area contributed by atoms with E-state index in [1.165, 1.54) is 36.0 Å². The van der Waals surface area contributed by atoms with E-state index >= 15 is 0 Å². The largest absolute Gasteiger partial charge is 0.343 e. The predicted octanol–water partition coefficient (Wildman–Crippen LogP) is 5.31. The number of halogens is 1. The Morgan fingerprint density at radius 2 is 1.92 bits per heavy atom. The molecule has 10 heteroatoms. The van der Waals surface area contributed by atoms with Crippen LogP contribution in [0.4, 0.5) is 15.9 Å². The molecule has 0 spiro atoms. The fourth-order valence-electron chi connectivity index (χ4n) is 4.85. The van der Waals surface area contributed by atoms with Crippen molar-refractivity contribution in [1.29, 1.82) is 0 Å². The van der Waals surface area contributed by atoms with Crippen LogP contribution in [0.1, 0.15) is 49.3 Å². The number of hydrogen-bond acceptors (Lipinski definition) is 7. The number of nitrogens with one attached hydrogen (secondary N) is 2. The number of rotatable bonds is 5. The third-order valence-corrected chi connectivity index (χ3v) is 7.35. The van der Waals surface area contributed by atoms with Crippen LogP contribution in [0, 0.1) is 21.3 Å². The molecule has 1 aliphatic heterocycles. The van der Waals surface area contributed by atoms with Gasteiger partial charge in [-0.15, -0.1) is 0 Å². The van der Waals surface area contributed by atoms with Crippen molar-refractivity contribution in [3.05, 3.63) is 103 Å². The molecule has 0 amide bonds. The van der Waals surface area contributed by atoms with Crippen molar-refractivity contribution in [2.45, 2.75) is 43.5 Å². The minimum atomic E-state index is -0.722. The quantitative estimate of drug-likeness (QED) is 0.208. The van der Waals surface area contributed by atoms with Gasteiger partial charge in [0.1, 0.15) is 11.6 Å². The van der Waals surface area contributed by atoms with Crippen molar-refractivity contribution in [3.8, 4) is 0 Å². The zero-order valence-electron chi connectivity index (χ0n) is 19.6. The summed E-state index contributed by atoms with van der Waals surface area (Å²) < 4.78 is 14.2. The van der Waals surface area contributed by atoms with Gasteiger partial charge in [0, 0.05) is 41.5 Å². The molecule has 184 valence electrons. The highest BCUT2D eigenvalue weighted by atomic mass is 32.2. The zero-order valence-corrected chi connectivity index (χ0v) is 20.4. The lowest BCUT2D eigenvalue weighted by molar-refractivity contribution is -0.384. The first-order valence-electron chi connectivity index (χ1n) is 11.4. The van der Waals surface area contributed by atoms with Crippen LogP contribution in [0.2, 0.25) is 0 Å². The molecule has 2 heterocycles. The van der Waals surface area contributed by atoms with Crippen molar-refractivity contribution in [1.82, 2.24) is 9.97 Å². The molecule has 36 heavy (non-hydrogen) atoms. The second-order valence-corrected chi connectivity index (χ2v) is 10.8. The summed E-state index contributed by atoms with van der Waals surface area (Å²) in [7, 11) is 0. The molecule has 2 aromatic carbocycles. The molecule has 3 aromatic rings. The number of nitro benzene ring substituents is 1. The fraction of sp³-hybridized carbons (Fsp3) is 0.269. The lowest BCUT2D eigenvalue weighted by Crippen LogP contribution is -2.37. The molecule has 1 aliphatic carbocycles. The molecule has 5 rings (SSSR count). The number of non-ortho nitro benzene ring substituents is 1. The van der Waals surface area contributed by atoms with E-state index in [0.717, 1.165) is 5.56 Å². The van der Waals surface area contributed by atoms with E-state index in [2.05, 4.69) is 15.3 Å². The highest BCUT2D eigenvalue weighted by Crippen LogP contribution is 2.47. The minimum absolute atomic E-state index is 0.00526. The third kappa shape index (κ3) is 4.56. The number of nitro groups is 1. The summed E-state index contributed by atoms with van der Waals surface area (Å²) in [5, 5.41) is 14.5. The van der Waals surface area contributed by atoms with E-state index in [1.807, 2.05) is 13.8 Å². The summed E-state index contributed by atoms with van der Waals surface area (Å²) in [6.45, 7) is 4.03. The Hall–Kier alpha value is -3.79. The molecule has 1 aromatic heterocycles. The van der Waals surface area contributed by atoms with Gasteiger partial charge in [-0.1, -0.05) is 49.9 Å². The van der Waals surface area contributed by atoms with Crippen molar-refractivity contribution >= 4 is 29.1 Å². The van der Waals surface area contributed by atoms with E-state index in [9.17, 15) is 24.1 Å². The molecule has 0 saturated heterocycles. The van der Waals surface area contributed by atoms with Crippen LogP contribution in [0.15, 0.2) is 69.8 Å². The number of benzene rings is 2. The van der Waals surface area contributed by atoms with Crippen LogP contribution < -0.4 is 10.9 Å². The summed E-state index contributed by atoms with van der Waals surface area (Å²) in [4.78, 5) is 44.5. The van der Waals surface area contributed by atoms with Crippen LogP contribution in [0.25, 0.3) is 0 Å². The van der Waals surface area contributed by atoms with Gasteiger partial charge in [-0.05, 0) is 35.1 Å². The van der Waals surface area contributed by atoms with Crippen molar-refractivity contribution < 1.29 is 14.1 Å². The number of carbonyl (C=O) groups is 1. The van der Waals surface area contributed by atoms with E-state index in [4.69, 9.17) is 0 Å². The molecule has 0 fully saturated rings. The summed E-state index contributed by atoms with van der Waals surface area (Å²) in [5.74, 6) is -0.446. The fourth-order valence-corrected chi connectivity index (χ4v) is 5.66. The number of Topliss-reactive ketones (excluding diaryl/α,β-unsaturated/α-hetero) is 1. The Labute approximate surface area is 210 Å². The second kappa shape index (κ2) is 9.02. The van der Waals surface area contributed by atoms with Crippen molar-refractivity contribution in [3.63, 3.8) is 0 Å². The molecule has 2 N–H and O–H groups in total. The van der Waals surface area contributed by atoms with Gasteiger partial charge in [0.05, 0.1) is 10.5 Å². The molecule has 0 radical (unpaired) electrons. The van der Waals surface area contributed by atoms with E-state index in [1.54, 1.807) is 24.3 Å². The molecule has 8 nitrogen and oxygen atoms in total. The molecular weight excluding hydrogens is 483 g/mol. The summed E-state index contributed by atoms with van der Waals surface area (Å²) >= 11 is 1.28. The highest BCUT2D eigenvalue weighted by molar-refractivity contribution is 7.98. The number of fused-ring (bicyclic) bond motifs is 1. The van der Waals surface area contributed by atoms with Gasteiger partial charge in [0.2, 0.25) is 0 Å². The number of carbonyl (C=O) groups excluding carboxylic acids is 1. The van der Waals surface area contributed by atoms with Crippen LogP contribution in [-0.4, -0.2) is 20.7 Å². The van der Waals surface area contributed by atoms with Crippen molar-refractivity contribution in [2.75, 3.05) is 5.32 Å². The summed E-state index contributed by atoms with van der Waals surface area (Å²) in [5.41, 5.74) is 2.18. The maximum Gasteiger partial charge on any atom is 0.269 e. The van der Waals surface area contributed by atoms with Gasteiger partial charge >= 0.3 is 0 Å². The molecule has 0 bridgehead atoms. The normalized spacial score (nSPS) is 18.3. The number of aromatic amines is 1. The first kappa shape index (κ1) is 23.9. The molecule has 1 unspecified atom stereocenters. The van der Waals surface area contributed by atoms with Crippen LogP contribution in [0.3, 0.4) is 0 Å². The number of ketones is 1. The monoisotopic (exact) mass is 506 g/mol. The van der Waals surface area contributed by atoms with Crippen LogP contribution in [-0.2, 0) is 10.5 Å². The summed E-state index contributed by atoms with van der Waals surface area (Å²) in [6.07, 6.45) is 0.933. The average Bonchev–Trinajstić information content (AvgIpc) is 2.81. The Balaban J connectivity index is 1.53. The second-order valence-electron chi connectivity index (χ2n) is 9.79. The van der Waals surface area contributed by atoms with Gasteiger partial charge in [-0.2, -0.15) is 0 Å². The van der Waals surface area contributed by atoms with Gasteiger partial charge < -0.3 is 10.3 Å². The standard InChI is InChI=1S/C26H23FN4O4S/c1-26(2)11-18-21(19(32)12-26)20(15-4-3-5-16(27)10-15)22-23(28-18)29-25(30-24(22)33)36-13-14-6-8-17(9-7-14)31(34)35/h3-10,20H,11-13H2,1-2H3,(H2,28,29,30,33). The van der Waals surface area contributed by atoms with Crippen LogP contribution >= 0.6 is 11.8 Å². The van der Waals surface area contributed by atoms with E-state index < -0.39 is 22.2 Å².